The topological polar surface area (TPSA) is 80.4 Å². The van der Waals surface area contributed by atoms with E-state index < -0.39 is 12.1 Å². The van der Waals surface area contributed by atoms with Gasteiger partial charge in [0.05, 0.1) is 12.3 Å². The van der Waals surface area contributed by atoms with E-state index in [0.717, 1.165) is 5.71 Å². The summed E-state index contributed by atoms with van der Waals surface area (Å²) in [6.07, 6.45) is 0. The maximum atomic E-state index is 13.1. The Morgan fingerprint density at radius 3 is 2.65 bits per heavy atom. The molecule has 0 spiro atoms. The summed E-state index contributed by atoms with van der Waals surface area (Å²) >= 11 is 0. The van der Waals surface area contributed by atoms with Crippen molar-refractivity contribution in [1.82, 2.24) is 15.2 Å². The number of likely N-dealkylation sites (N-methyl/N-ethyl adjacent to an activating group) is 1. The maximum absolute atomic E-state index is 13.1. The van der Waals surface area contributed by atoms with E-state index in [0.29, 0.717) is 17.4 Å². The molecule has 2 unspecified atom stereocenters. The lowest BCUT2D eigenvalue weighted by Crippen LogP contribution is -2.64. The molecule has 26 heavy (non-hydrogen) atoms. The van der Waals surface area contributed by atoms with Crippen molar-refractivity contribution in [3.63, 3.8) is 0 Å². The van der Waals surface area contributed by atoms with Crippen molar-refractivity contribution in [2.45, 2.75) is 32.5 Å². The largest absolute Gasteiger partial charge is 0.414 e. The van der Waals surface area contributed by atoms with E-state index in [9.17, 15) is 14.0 Å². The third-order valence-corrected chi connectivity index (χ3v) is 4.96. The van der Waals surface area contributed by atoms with Crippen molar-refractivity contribution in [1.29, 1.82) is 0 Å². The van der Waals surface area contributed by atoms with Crippen molar-refractivity contribution in [2.24, 2.45) is 10.1 Å². The number of guanidine groups is 1. The molecule has 1 N–H and O–H groups in total. The van der Waals surface area contributed by atoms with E-state index in [1.54, 1.807) is 19.2 Å². The number of hydrazone groups is 1. The van der Waals surface area contributed by atoms with E-state index in [1.165, 1.54) is 21.9 Å². The lowest BCUT2D eigenvalue weighted by Gasteiger charge is -2.35. The lowest BCUT2D eigenvalue weighted by molar-refractivity contribution is -0.555. The molecule has 0 saturated carbocycles. The van der Waals surface area contributed by atoms with Gasteiger partial charge in [0.25, 0.3) is 5.91 Å². The molecule has 0 aromatic heterocycles. The minimum Gasteiger partial charge on any atom is -0.270 e. The molecule has 0 radical (unpaired) electrons. The first-order chi connectivity index (χ1) is 12.4. The molecule has 3 aliphatic rings. The van der Waals surface area contributed by atoms with Gasteiger partial charge in [0.1, 0.15) is 11.9 Å². The number of nitrogens with one attached hydrogen (secondary N) is 1. The average Bonchev–Trinajstić information content (AvgIpc) is 3.02. The third-order valence-electron chi connectivity index (χ3n) is 4.96. The number of imide groups is 1. The summed E-state index contributed by atoms with van der Waals surface area (Å²) in [5, 5.41) is 4.19. The van der Waals surface area contributed by atoms with Gasteiger partial charge in [-0.15, -0.1) is 5.10 Å². The second-order valence-corrected chi connectivity index (χ2v) is 6.54. The van der Waals surface area contributed by atoms with E-state index in [2.05, 4.69) is 15.5 Å². The lowest BCUT2D eigenvalue weighted by atomic mass is 10.1. The standard InChI is InChI=1S/C17H17FN6O2/c1-9-10(2)24-13-14(19-16(24)21-20-9)22(3)17(26)23(15(13)25)8-11-4-6-12(18)7-5-11/h4-7,10,13H,8H2,1-3H3/p+1. The first-order valence-corrected chi connectivity index (χ1v) is 8.26. The molecule has 4 rings (SSSR count). The number of amidine groups is 1. The van der Waals surface area contributed by atoms with Crippen LogP contribution in [0.25, 0.3) is 0 Å². The summed E-state index contributed by atoms with van der Waals surface area (Å²) in [7, 11) is 1.59. The number of aliphatic imine (C=N–C) groups is 1. The summed E-state index contributed by atoms with van der Waals surface area (Å²) in [4.78, 5) is 32.8. The van der Waals surface area contributed by atoms with E-state index >= 15 is 0 Å². The average molecular weight is 357 g/mol. The summed E-state index contributed by atoms with van der Waals surface area (Å²) in [5.74, 6) is 0.124. The van der Waals surface area contributed by atoms with Crippen molar-refractivity contribution < 1.29 is 18.6 Å². The first kappa shape index (κ1) is 16.4. The molecule has 134 valence electrons. The van der Waals surface area contributed by atoms with E-state index in [1.807, 2.05) is 18.4 Å². The van der Waals surface area contributed by atoms with Gasteiger partial charge in [0.15, 0.2) is 0 Å². The van der Waals surface area contributed by atoms with Gasteiger partial charge in [0, 0.05) is 7.05 Å². The van der Waals surface area contributed by atoms with Crippen LogP contribution in [0.1, 0.15) is 19.4 Å². The summed E-state index contributed by atoms with van der Waals surface area (Å²) < 4.78 is 15.0. The number of rotatable bonds is 2. The quantitative estimate of drug-likeness (QED) is 0.793. The maximum Gasteiger partial charge on any atom is 0.414 e. The molecule has 2 atom stereocenters. The van der Waals surface area contributed by atoms with Crippen molar-refractivity contribution in [2.75, 3.05) is 7.05 Å². The number of carbonyl (C=O) groups is 2. The highest BCUT2D eigenvalue weighted by Crippen LogP contribution is 2.24. The van der Waals surface area contributed by atoms with Gasteiger partial charge in [-0.1, -0.05) is 17.1 Å². The van der Waals surface area contributed by atoms with Crippen LogP contribution in [0.4, 0.5) is 9.18 Å². The van der Waals surface area contributed by atoms with Crippen molar-refractivity contribution in [3.05, 3.63) is 35.6 Å². The fourth-order valence-electron chi connectivity index (χ4n) is 3.32. The van der Waals surface area contributed by atoms with Crippen LogP contribution < -0.4 is 5.43 Å². The Bertz CT molecular complexity index is 904. The molecule has 3 aliphatic heterocycles. The van der Waals surface area contributed by atoms with Gasteiger partial charge >= 0.3 is 12.0 Å². The molecule has 1 aromatic carbocycles. The fourth-order valence-corrected chi connectivity index (χ4v) is 3.32. The zero-order chi connectivity index (χ0) is 18.6. The van der Waals surface area contributed by atoms with Gasteiger partial charge in [-0.3, -0.25) is 14.6 Å². The fraction of sp³-hybridized carbons (Fsp3) is 0.353. The number of benzene rings is 1. The zero-order valence-electron chi connectivity index (χ0n) is 14.6. The second kappa shape index (κ2) is 5.72. The van der Waals surface area contributed by atoms with Gasteiger partial charge in [-0.05, 0) is 31.5 Å². The molecule has 3 heterocycles. The molecule has 0 bridgehead atoms. The van der Waals surface area contributed by atoms with Crippen LogP contribution in [-0.2, 0) is 11.3 Å². The Kier molecular flexibility index (Phi) is 3.60. The normalized spacial score (nSPS) is 24.9. The minimum absolute atomic E-state index is 0.0735. The van der Waals surface area contributed by atoms with E-state index in [4.69, 9.17) is 0 Å². The highest BCUT2D eigenvalue weighted by Gasteiger charge is 2.54. The molecular formula is C17H18FN6O2+. The Labute approximate surface area is 149 Å². The van der Waals surface area contributed by atoms with Crippen LogP contribution in [0.15, 0.2) is 34.4 Å². The van der Waals surface area contributed by atoms with Crippen LogP contribution in [0, 0.1) is 5.82 Å². The van der Waals surface area contributed by atoms with Crippen molar-refractivity contribution in [3.8, 4) is 0 Å². The molecule has 1 saturated heterocycles. The number of nitrogens with zero attached hydrogens (tertiary/aromatic N) is 5. The molecule has 3 amide bonds. The van der Waals surface area contributed by atoms with Crippen LogP contribution in [-0.4, -0.2) is 63.0 Å². The highest BCUT2D eigenvalue weighted by atomic mass is 19.1. The summed E-state index contributed by atoms with van der Waals surface area (Å²) in [5.41, 5.74) is 4.33. The summed E-state index contributed by atoms with van der Waals surface area (Å²) in [6.45, 7) is 3.88. The molecule has 1 aromatic rings. The second-order valence-electron chi connectivity index (χ2n) is 6.54. The Morgan fingerprint density at radius 1 is 1.27 bits per heavy atom. The van der Waals surface area contributed by atoms with Crippen LogP contribution in [0.3, 0.4) is 0 Å². The molecular weight excluding hydrogens is 339 g/mol. The number of fused-ring (bicyclic) bond motifs is 2. The number of urea groups is 1. The monoisotopic (exact) mass is 357 g/mol. The smallest absolute Gasteiger partial charge is 0.270 e. The van der Waals surface area contributed by atoms with Crippen LogP contribution >= 0.6 is 0 Å². The van der Waals surface area contributed by atoms with Gasteiger partial charge in [0.2, 0.25) is 11.9 Å². The highest BCUT2D eigenvalue weighted by molar-refractivity contribution is 6.23. The van der Waals surface area contributed by atoms with E-state index in [-0.39, 0.29) is 24.3 Å². The number of hydrogen-bond acceptors (Lipinski definition) is 5. The van der Waals surface area contributed by atoms with Gasteiger partial charge in [-0.2, -0.15) is 5.43 Å². The van der Waals surface area contributed by atoms with Crippen molar-refractivity contribution >= 4 is 29.4 Å². The van der Waals surface area contributed by atoms with Crippen LogP contribution in [0.2, 0.25) is 0 Å². The third kappa shape index (κ3) is 2.31. The Morgan fingerprint density at radius 2 is 1.96 bits per heavy atom. The van der Waals surface area contributed by atoms with Gasteiger partial charge in [-0.25, -0.2) is 13.8 Å². The van der Waals surface area contributed by atoms with Gasteiger partial charge < -0.3 is 0 Å². The first-order valence-electron chi connectivity index (χ1n) is 8.26. The number of amides is 3. The molecule has 8 nitrogen and oxygen atoms in total. The molecule has 9 heteroatoms. The number of halogens is 1. The SMILES string of the molecule is CC1=NNC2=[N+](C1C)C1C(=O)N(Cc3ccc(F)cc3)C(=O)N(C)C1=N2. The number of carbonyl (C=O) groups excluding carboxylic acids is 2. The summed E-state index contributed by atoms with van der Waals surface area (Å²) in [6, 6.07) is 4.46. The zero-order valence-corrected chi connectivity index (χ0v) is 14.6. The Hall–Kier alpha value is -3.10. The number of hydrogen-bond donors (Lipinski definition) is 1. The molecule has 1 fully saturated rings. The predicted octanol–water partition coefficient (Wildman–Crippen LogP) is 0.736. The molecule has 0 aliphatic carbocycles. The predicted molar refractivity (Wildman–Crippen MR) is 92.3 cm³/mol. The van der Waals surface area contributed by atoms with Crippen LogP contribution in [0.5, 0.6) is 0 Å². The minimum atomic E-state index is -0.693. The Balaban J connectivity index is 1.68.